The second kappa shape index (κ2) is 10.5. The first-order valence-electron chi connectivity index (χ1n) is 10.5. The van der Waals surface area contributed by atoms with E-state index in [1.54, 1.807) is 18.5 Å². The molecule has 0 aliphatic carbocycles. The molecule has 2 amide bonds. The van der Waals surface area contributed by atoms with Crippen LogP contribution < -0.4 is 10.2 Å². The van der Waals surface area contributed by atoms with Crippen molar-refractivity contribution in [3.05, 3.63) is 30.1 Å². The second-order valence-corrected chi connectivity index (χ2v) is 7.88. The molecule has 0 spiro atoms. The van der Waals surface area contributed by atoms with Gasteiger partial charge in [0.2, 0.25) is 5.91 Å². The monoisotopic (exact) mass is 389 g/mol. The molecular weight excluding hydrogens is 356 g/mol. The van der Waals surface area contributed by atoms with Gasteiger partial charge in [0.1, 0.15) is 13.1 Å². The Labute approximate surface area is 167 Å². The average Bonchev–Trinajstić information content (AvgIpc) is 2.75. The zero-order chi connectivity index (χ0) is 19.8. The molecule has 7 nitrogen and oxygen atoms in total. The Kier molecular flexibility index (Phi) is 7.80. The number of rotatable bonds is 7. The number of hydrogen-bond acceptors (Lipinski definition) is 4. The lowest BCUT2D eigenvalue weighted by atomic mass is 9.81. The van der Waals surface area contributed by atoms with Crippen LogP contribution in [0.15, 0.2) is 24.5 Å². The van der Waals surface area contributed by atoms with Crippen molar-refractivity contribution in [2.45, 2.75) is 26.2 Å². The zero-order valence-corrected chi connectivity index (χ0v) is 16.9. The fraction of sp³-hybridized carbons (Fsp3) is 0.667. The van der Waals surface area contributed by atoms with Crippen molar-refractivity contribution in [3.8, 4) is 0 Å². The van der Waals surface area contributed by atoms with E-state index in [-0.39, 0.29) is 11.8 Å². The molecule has 28 heavy (non-hydrogen) atoms. The second-order valence-electron chi connectivity index (χ2n) is 7.88. The molecule has 3 heterocycles. The third-order valence-corrected chi connectivity index (χ3v) is 6.06. The summed E-state index contributed by atoms with van der Waals surface area (Å²) in [5.74, 6) is 0.898. The number of pyridine rings is 1. The number of quaternary nitrogens is 1. The van der Waals surface area contributed by atoms with Crippen molar-refractivity contribution in [2.75, 3.05) is 52.5 Å². The minimum absolute atomic E-state index is 0.0444. The Morgan fingerprint density at radius 1 is 1.32 bits per heavy atom. The van der Waals surface area contributed by atoms with Crippen LogP contribution in [0.2, 0.25) is 0 Å². The number of carbonyl (C=O) groups is 2. The van der Waals surface area contributed by atoms with Gasteiger partial charge in [0.25, 0.3) is 5.91 Å². The lowest BCUT2D eigenvalue weighted by Crippen LogP contribution is -3.14. The van der Waals surface area contributed by atoms with Crippen molar-refractivity contribution in [1.29, 1.82) is 0 Å². The van der Waals surface area contributed by atoms with E-state index < -0.39 is 0 Å². The molecule has 2 saturated heterocycles. The maximum atomic E-state index is 12.7. The van der Waals surface area contributed by atoms with E-state index in [2.05, 4.69) is 17.2 Å². The highest BCUT2D eigenvalue weighted by Crippen LogP contribution is 2.29. The quantitative estimate of drug-likeness (QED) is 0.688. The van der Waals surface area contributed by atoms with E-state index in [4.69, 9.17) is 4.74 Å². The number of likely N-dealkylation sites (tertiary alicyclic amines) is 1. The number of ether oxygens (including phenoxy) is 1. The smallest absolute Gasteiger partial charge is 0.255 e. The standard InChI is InChI=1S/C21H32N4O3/c1-2-17-16-25(21(27)19-4-3-6-22-15-19)8-5-18(17)14-20(26)23-7-9-24-10-12-28-13-11-24/h3-4,6,15,17-18H,2,5,7-14,16H2,1H3,(H,23,26)/p+1/t17-,18-/m0/s1. The summed E-state index contributed by atoms with van der Waals surface area (Å²) in [5.41, 5.74) is 0.638. The largest absolute Gasteiger partial charge is 0.370 e. The fourth-order valence-electron chi connectivity index (χ4n) is 4.27. The predicted octanol–water partition coefficient (Wildman–Crippen LogP) is -0.00870. The van der Waals surface area contributed by atoms with Crippen LogP contribution in [-0.2, 0) is 9.53 Å². The Morgan fingerprint density at radius 2 is 2.14 bits per heavy atom. The number of amides is 2. The van der Waals surface area contributed by atoms with Crippen LogP contribution in [0.4, 0.5) is 0 Å². The highest BCUT2D eigenvalue weighted by atomic mass is 16.5. The van der Waals surface area contributed by atoms with E-state index in [1.165, 1.54) is 4.90 Å². The molecule has 2 fully saturated rings. The molecule has 0 saturated carbocycles. The highest BCUT2D eigenvalue weighted by Gasteiger charge is 2.32. The first-order chi connectivity index (χ1) is 13.7. The molecule has 2 atom stereocenters. The van der Waals surface area contributed by atoms with Gasteiger partial charge in [-0.25, -0.2) is 0 Å². The van der Waals surface area contributed by atoms with Gasteiger partial charge in [-0.3, -0.25) is 14.6 Å². The van der Waals surface area contributed by atoms with Crippen molar-refractivity contribution < 1.29 is 19.2 Å². The van der Waals surface area contributed by atoms with E-state index in [0.29, 0.717) is 30.4 Å². The van der Waals surface area contributed by atoms with E-state index >= 15 is 0 Å². The molecule has 1 aromatic rings. The van der Waals surface area contributed by atoms with Crippen molar-refractivity contribution in [1.82, 2.24) is 15.2 Å². The Balaban J connectivity index is 1.43. The fourth-order valence-corrected chi connectivity index (χ4v) is 4.27. The Bertz CT molecular complexity index is 634. The average molecular weight is 390 g/mol. The van der Waals surface area contributed by atoms with Gasteiger partial charge in [-0.2, -0.15) is 0 Å². The molecule has 0 radical (unpaired) electrons. The van der Waals surface area contributed by atoms with Gasteiger partial charge in [-0.05, 0) is 30.4 Å². The van der Waals surface area contributed by atoms with Crippen molar-refractivity contribution in [2.24, 2.45) is 11.8 Å². The van der Waals surface area contributed by atoms with Crippen LogP contribution in [-0.4, -0.2) is 74.2 Å². The van der Waals surface area contributed by atoms with Gasteiger partial charge in [-0.15, -0.1) is 0 Å². The van der Waals surface area contributed by atoms with Crippen LogP contribution in [0.25, 0.3) is 0 Å². The van der Waals surface area contributed by atoms with Crippen LogP contribution >= 0.6 is 0 Å². The molecule has 2 aliphatic rings. The molecule has 2 aliphatic heterocycles. The van der Waals surface area contributed by atoms with Crippen LogP contribution in [0.1, 0.15) is 36.5 Å². The summed E-state index contributed by atoms with van der Waals surface area (Å²) in [4.78, 5) is 32.6. The van der Waals surface area contributed by atoms with Gasteiger partial charge in [0, 0.05) is 31.9 Å². The summed E-state index contributed by atoms with van der Waals surface area (Å²) >= 11 is 0. The first-order valence-corrected chi connectivity index (χ1v) is 10.5. The van der Waals surface area contributed by atoms with Gasteiger partial charge in [-0.1, -0.05) is 13.3 Å². The molecule has 7 heteroatoms. The maximum Gasteiger partial charge on any atom is 0.255 e. The molecule has 0 unspecified atom stereocenters. The number of morpholine rings is 1. The van der Waals surface area contributed by atoms with Gasteiger partial charge in [0.15, 0.2) is 0 Å². The van der Waals surface area contributed by atoms with E-state index in [0.717, 1.165) is 58.8 Å². The highest BCUT2D eigenvalue weighted by molar-refractivity contribution is 5.94. The lowest BCUT2D eigenvalue weighted by Gasteiger charge is -2.38. The van der Waals surface area contributed by atoms with Crippen LogP contribution in [0, 0.1) is 11.8 Å². The number of aromatic nitrogens is 1. The van der Waals surface area contributed by atoms with Gasteiger partial charge in [0.05, 0.1) is 31.9 Å². The number of nitrogens with one attached hydrogen (secondary N) is 2. The minimum Gasteiger partial charge on any atom is -0.370 e. The normalized spacial score (nSPS) is 23.4. The molecule has 2 N–H and O–H groups in total. The predicted molar refractivity (Wildman–Crippen MR) is 106 cm³/mol. The topological polar surface area (TPSA) is 76.0 Å². The summed E-state index contributed by atoms with van der Waals surface area (Å²) in [6.45, 7) is 8.95. The lowest BCUT2D eigenvalue weighted by molar-refractivity contribution is -0.906. The minimum atomic E-state index is 0.0444. The zero-order valence-electron chi connectivity index (χ0n) is 16.9. The number of piperidine rings is 1. The maximum absolute atomic E-state index is 12.7. The van der Waals surface area contributed by atoms with Gasteiger partial charge >= 0.3 is 0 Å². The third kappa shape index (κ3) is 5.75. The summed E-state index contributed by atoms with van der Waals surface area (Å²) in [7, 11) is 0. The molecule has 154 valence electrons. The number of nitrogens with zero attached hydrogens (tertiary/aromatic N) is 2. The molecule has 1 aromatic heterocycles. The number of hydrogen-bond donors (Lipinski definition) is 2. The summed E-state index contributed by atoms with van der Waals surface area (Å²) in [5, 5.41) is 3.09. The number of carbonyl (C=O) groups excluding carboxylic acids is 2. The Hall–Kier alpha value is -1.99. The molecule has 3 rings (SSSR count). The van der Waals surface area contributed by atoms with Crippen LogP contribution in [0.3, 0.4) is 0 Å². The van der Waals surface area contributed by atoms with E-state index in [9.17, 15) is 9.59 Å². The molecular formula is C21H33N4O3+. The summed E-state index contributed by atoms with van der Waals surface area (Å²) in [6, 6.07) is 3.60. The van der Waals surface area contributed by atoms with Crippen molar-refractivity contribution >= 4 is 11.8 Å². The summed E-state index contributed by atoms with van der Waals surface area (Å²) < 4.78 is 5.37. The Morgan fingerprint density at radius 3 is 2.86 bits per heavy atom. The van der Waals surface area contributed by atoms with E-state index in [1.807, 2.05) is 11.0 Å². The molecule has 0 aromatic carbocycles. The third-order valence-electron chi connectivity index (χ3n) is 6.06. The van der Waals surface area contributed by atoms with Crippen molar-refractivity contribution in [3.63, 3.8) is 0 Å². The SMILES string of the molecule is CC[C@H]1CN(C(=O)c2cccnc2)CC[C@H]1CC(=O)NCC[NH+]1CCOCC1. The molecule has 0 bridgehead atoms. The first kappa shape index (κ1) is 20.7. The van der Waals surface area contributed by atoms with Gasteiger partial charge < -0.3 is 19.9 Å². The van der Waals surface area contributed by atoms with Crippen LogP contribution in [0.5, 0.6) is 0 Å². The summed E-state index contributed by atoms with van der Waals surface area (Å²) in [6.07, 6.45) is 5.72.